The van der Waals surface area contributed by atoms with E-state index in [1.54, 1.807) is 18.2 Å². The SMILES string of the molecule is NC(=O)CC(=O)N[C@H]1c2ccccc2C[C@@H]1c1c(C(N)=O)[nH]c2ccc(Cl)cc12. The number of carbonyl (C=O) groups excluding carboxylic acids is 3. The lowest BCUT2D eigenvalue weighted by atomic mass is 9.89. The number of rotatable bonds is 5. The predicted molar refractivity (Wildman–Crippen MR) is 109 cm³/mol. The molecular formula is C21H19ClN4O3. The van der Waals surface area contributed by atoms with Gasteiger partial charge in [-0.25, -0.2) is 0 Å². The highest BCUT2D eigenvalue weighted by Gasteiger charge is 2.38. The van der Waals surface area contributed by atoms with Crippen LogP contribution in [0.4, 0.5) is 0 Å². The molecule has 6 N–H and O–H groups in total. The number of benzene rings is 2. The van der Waals surface area contributed by atoms with Crippen LogP contribution in [0.25, 0.3) is 10.9 Å². The molecule has 0 saturated carbocycles. The molecule has 1 heterocycles. The van der Waals surface area contributed by atoms with Crippen molar-refractivity contribution in [3.63, 3.8) is 0 Å². The fourth-order valence-corrected chi connectivity index (χ4v) is 4.36. The molecule has 0 bridgehead atoms. The molecule has 0 radical (unpaired) electrons. The fraction of sp³-hybridized carbons (Fsp3) is 0.190. The lowest BCUT2D eigenvalue weighted by Gasteiger charge is -2.23. The van der Waals surface area contributed by atoms with E-state index >= 15 is 0 Å². The number of aromatic amines is 1. The number of hydrogen-bond acceptors (Lipinski definition) is 3. The minimum atomic E-state index is -0.706. The molecule has 148 valence electrons. The first-order valence-corrected chi connectivity index (χ1v) is 9.49. The van der Waals surface area contributed by atoms with Gasteiger partial charge in [0.25, 0.3) is 5.91 Å². The number of fused-ring (bicyclic) bond motifs is 2. The number of nitrogens with two attached hydrogens (primary N) is 2. The standard InChI is InChI=1S/C21H19ClN4O3/c22-11-5-6-15-13(8-11)18(20(25-15)21(24)29)14-7-10-3-1-2-4-12(10)19(14)26-17(28)9-16(23)27/h1-6,8,14,19,25H,7,9H2,(H2,23,27)(H2,24,29)(H,26,28)/t14-,19+/m1/s1. The Morgan fingerprint density at radius 2 is 1.90 bits per heavy atom. The summed E-state index contributed by atoms with van der Waals surface area (Å²) < 4.78 is 0. The first-order valence-electron chi connectivity index (χ1n) is 9.11. The highest BCUT2D eigenvalue weighted by Crippen LogP contribution is 2.46. The van der Waals surface area contributed by atoms with Gasteiger partial charge in [0.1, 0.15) is 12.1 Å². The summed E-state index contributed by atoms with van der Waals surface area (Å²) in [6.45, 7) is 0. The number of hydrogen-bond donors (Lipinski definition) is 4. The number of H-pyrrole nitrogens is 1. The topological polar surface area (TPSA) is 131 Å². The van der Waals surface area contributed by atoms with Crippen LogP contribution in [0.3, 0.4) is 0 Å². The minimum absolute atomic E-state index is 0.265. The van der Waals surface area contributed by atoms with Crippen molar-refractivity contribution in [2.75, 3.05) is 0 Å². The van der Waals surface area contributed by atoms with E-state index in [9.17, 15) is 14.4 Å². The third-order valence-electron chi connectivity index (χ3n) is 5.30. The van der Waals surface area contributed by atoms with Gasteiger partial charge in [0.15, 0.2) is 0 Å². The summed E-state index contributed by atoms with van der Waals surface area (Å²) in [6.07, 6.45) is 0.186. The summed E-state index contributed by atoms with van der Waals surface area (Å²) in [7, 11) is 0. The average molecular weight is 411 g/mol. The Morgan fingerprint density at radius 1 is 1.14 bits per heavy atom. The summed E-state index contributed by atoms with van der Waals surface area (Å²) in [5.41, 5.74) is 14.5. The number of amides is 3. The molecule has 2 atom stereocenters. The van der Waals surface area contributed by atoms with Gasteiger partial charge in [0.05, 0.1) is 6.04 Å². The van der Waals surface area contributed by atoms with Crippen molar-refractivity contribution in [2.24, 2.45) is 11.5 Å². The summed E-state index contributed by atoms with van der Waals surface area (Å²) in [6, 6.07) is 12.6. The Hall–Kier alpha value is -3.32. The van der Waals surface area contributed by atoms with Crippen molar-refractivity contribution < 1.29 is 14.4 Å². The van der Waals surface area contributed by atoms with Crippen molar-refractivity contribution in [3.05, 3.63) is 69.9 Å². The third kappa shape index (κ3) is 3.45. The maximum atomic E-state index is 12.3. The number of carbonyl (C=O) groups is 3. The van der Waals surface area contributed by atoms with E-state index < -0.39 is 30.2 Å². The van der Waals surface area contributed by atoms with Crippen LogP contribution < -0.4 is 16.8 Å². The highest BCUT2D eigenvalue weighted by molar-refractivity contribution is 6.31. The monoisotopic (exact) mass is 410 g/mol. The lowest BCUT2D eigenvalue weighted by Crippen LogP contribution is -2.34. The number of nitrogens with one attached hydrogen (secondary N) is 2. The molecule has 0 unspecified atom stereocenters. The molecule has 1 aromatic heterocycles. The maximum absolute atomic E-state index is 12.3. The second-order valence-corrected chi connectivity index (χ2v) is 7.60. The van der Waals surface area contributed by atoms with E-state index in [4.69, 9.17) is 23.1 Å². The highest BCUT2D eigenvalue weighted by atomic mass is 35.5. The second-order valence-electron chi connectivity index (χ2n) is 7.17. The van der Waals surface area contributed by atoms with Gasteiger partial charge in [-0.05, 0) is 41.3 Å². The van der Waals surface area contributed by atoms with Gasteiger partial charge in [-0.15, -0.1) is 0 Å². The Morgan fingerprint density at radius 3 is 2.62 bits per heavy atom. The summed E-state index contributed by atoms with van der Waals surface area (Å²) in [5.74, 6) is -2.03. The zero-order chi connectivity index (χ0) is 20.7. The van der Waals surface area contributed by atoms with Crippen molar-refractivity contribution in [1.82, 2.24) is 10.3 Å². The normalized spacial score (nSPS) is 17.8. The van der Waals surface area contributed by atoms with Crippen molar-refractivity contribution >= 4 is 40.2 Å². The van der Waals surface area contributed by atoms with Gasteiger partial charge in [-0.1, -0.05) is 35.9 Å². The average Bonchev–Trinajstić information content (AvgIpc) is 3.19. The summed E-state index contributed by atoms with van der Waals surface area (Å²) >= 11 is 6.20. The third-order valence-corrected chi connectivity index (χ3v) is 5.54. The molecule has 29 heavy (non-hydrogen) atoms. The van der Waals surface area contributed by atoms with E-state index in [-0.39, 0.29) is 11.6 Å². The number of primary amides is 2. The maximum Gasteiger partial charge on any atom is 0.265 e. The molecule has 0 spiro atoms. The van der Waals surface area contributed by atoms with E-state index in [0.29, 0.717) is 17.0 Å². The predicted octanol–water partition coefficient (Wildman–Crippen LogP) is 2.29. The molecule has 2 aromatic carbocycles. The van der Waals surface area contributed by atoms with Gasteiger partial charge in [0.2, 0.25) is 11.8 Å². The Balaban J connectivity index is 1.86. The second kappa shape index (κ2) is 7.25. The molecule has 1 aliphatic rings. The van der Waals surface area contributed by atoms with E-state index in [0.717, 1.165) is 22.0 Å². The molecule has 3 amide bonds. The first-order chi connectivity index (χ1) is 13.8. The first kappa shape index (κ1) is 19.0. The van der Waals surface area contributed by atoms with E-state index in [2.05, 4.69) is 10.3 Å². The molecule has 7 nitrogen and oxygen atoms in total. The summed E-state index contributed by atoms with van der Waals surface area (Å²) in [5, 5.41) is 4.21. The van der Waals surface area contributed by atoms with Crippen LogP contribution in [-0.4, -0.2) is 22.7 Å². The molecule has 0 saturated heterocycles. The molecule has 4 rings (SSSR count). The van der Waals surface area contributed by atoms with Gasteiger partial charge >= 0.3 is 0 Å². The quantitative estimate of drug-likeness (QED) is 0.481. The fourth-order valence-electron chi connectivity index (χ4n) is 4.19. The Bertz CT molecular complexity index is 1150. The molecule has 1 aliphatic carbocycles. The number of halogens is 1. The molecule has 0 aliphatic heterocycles. The van der Waals surface area contributed by atoms with Crippen LogP contribution in [0.1, 0.15) is 45.6 Å². The van der Waals surface area contributed by atoms with Crippen molar-refractivity contribution in [3.8, 4) is 0 Å². The van der Waals surface area contributed by atoms with Crippen LogP contribution in [0.5, 0.6) is 0 Å². The smallest absolute Gasteiger partial charge is 0.265 e. The number of aromatic nitrogens is 1. The van der Waals surface area contributed by atoms with Crippen molar-refractivity contribution in [2.45, 2.75) is 24.8 Å². The molecule has 8 heteroatoms. The summed E-state index contributed by atoms with van der Waals surface area (Å²) in [4.78, 5) is 38.8. The van der Waals surface area contributed by atoms with Crippen LogP contribution in [0.2, 0.25) is 5.02 Å². The molecule has 0 fully saturated rings. The zero-order valence-corrected chi connectivity index (χ0v) is 16.1. The van der Waals surface area contributed by atoms with Crippen LogP contribution in [0, 0.1) is 0 Å². The Labute approximate surface area is 171 Å². The zero-order valence-electron chi connectivity index (χ0n) is 15.4. The molecular weight excluding hydrogens is 392 g/mol. The Kier molecular flexibility index (Phi) is 4.76. The lowest BCUT2D eigenvalue weighted by molar-refractivity contribution is -0.128. The van der Waals surface area contributed by atoms with E-state index in [1.165, 1.54) is 0 Å². The van der Waals surface area contributed by atoms with Gasteiger partial charge < -0.3 is 21.8 Å². The van der Waals surface area contributed by atoms with Crippen LogP contribution in [-0.2, 0) is 16.0 Å². The molecule has 3 aromatic rings. The van der Waals surface area contributed by atoms with Crippen LogP contribution in [0.15, 0.2) is 42.5 Å². The largest absolute Gasteiger partial charge is 0.369 e. The van der Waals surface area contributed by atoms with E-state index in [1.807, 2.05) is 24.3 Å². The van der Waals surface area contributed by atoms with Gasteiger partial charge in [-0.2, -0.15) is 0 Å². The minimum Gasteiger partial charge on any atom is -0.369 e. The van der Waals surface area contributed by atoms with Crippen molar-refractivity contribution in [1.29, 1.82) is 0 Å². The van der Waals surface area contributed by atoms with Gasteiger partial charge in [-0.3, -0.25) is 14.4 Å². The van der Waals surface area contributed by atoms with Gasteiger partial charge in [0, 0.05) is 21.8 Å². The van der Waals surface area contributed by atoms with Crippen LogP contribution >= 0.6 is 11.6 Å².